The molecule has 0 radical (unpaired) electrons. The van der Waals surface area contributed by atoms with Gasteiger partial charge in [-0.2, -0.15) is 0 Å². The minimum absolute atomic E-state index is 0.205. The molecule has 27 heavy (non-hydrogen) atoms. The Morgan fingerprint density at radius 3 is 2.07 bits per heavy atom. The SMILES string of the molecule is CC(=O)Nc1ccc(OC(=O)C(NC(=O)c2ccc(F)cc2)C(C)C)cc1. The van der Waals surface area contributed by atoms with Crippen molar-refractivity contribution >= 4 is 23.5 Å². The van der Waals surface area contributed by atoms with Crippen LogP contribution in [0.5, 0.6) is 5.75 Å². The molecule has 7 heteroatoms. The molecule has 1 atom stereocenters. The van der Waals surface area contributed by atoms with E-state index in [1.807, 2.05) is 0 Å². The summed E-state index contributed by atoms with van der Waals surface area (Å²) in [6.45, 7) is 4.94. The summed E-state index contributed by atoms with van der Waals surface area (Å²) in [5, 5.41) is 5.23. The van der Waals surface area contributed by atoms with Gasteiger partial charge in [0, 0.05) is 18.2 Å². The van der Waals surface area contributed by atoms with Crippen LogP contribution in [0.2, 0.25) is 0 Å². The number of esters is 1. The Kier molecular flexibility index (Phi) is 6.65. The van der Waals surface area contributed by atoms with E-state index >= 15 is 0 Å². The third-order valence-corrected chi connectivity index (χ3v) is 3.71. The molecule has 2 aromatic rings. The Hall–Kier alpha value is -3.22. The zero-order valence-corrected chi connectivity index (χ0v) is 15.3. The number of halogens is 1. The summed E-state index contributed by atoms with van der Waals surface area (Å²) in [5.41, 5.74) is 0.821. The topological polar surface area (TPSA) is 84.5 Å². The van der Waals surface area contributed by atoms with Crippen LogP contribution in [-0.4, -0.2) is 23.8 Å². The lowest BCUT2D eigenvalue weighted by Gasteiger charge is -2.21. The number of benzene rings is 2. The third kappa shape index (κ3) is 5.91. The zero-order valence-electron chi connectivity index (χ0n) is 15.3. The summed E-state index contributed by atoms with van der Waals surface area (Å²) in [6, 6.07) is 10.4. The highest BCUT2D eigenvalue weighted by Crippen LogP contribution is 2.17. The standard InChI is InChI=1S/C20H21FN2O4/c1-12(2)18(23-19(25)14-4-6-15(21)7-5-14)20(26)27-17-10-8-16(9-11-17)22-13(3)24/h4-12,18H,1-3H3,(H,22,24)(H,23,25). The number of hydrogen-bond acceptors (Lipinski definition) is 4. The first-order valence-corrected chi connectivity index (χ1v) is 8.42. The van der Waals surface area contributed by atoms with Gasteiger partial charge in [-0.15, -0.1) is 0 Å². The summed E-state index contributed by atoms with van der Waals surface area (Å²) in [5.74, 6) is -1.70. The Morgan fingerprint density at radius 1 is 0.963 bits per heavy atom. The van der Waals surface area contributed by atoms with Gasteiger partial charge in [-0.3, -0.25) is 9.59 Å². The Balaban J connectivity index is 2.04. The molecular weight excluding hydrogens is 351 g/mol. The van der Waals surface area contributed by atoms with Crippen molar-refractivity contribution in [1.82, 2.24) is 5.32 Å². The second-order valence-corrected chi connectivity index (χ2v) is 6.33. The average Bonchev–Trinajstić information content (AvgIpc) is 2.61. The minimum atomic E-state index is -0.877. The van der Waals surface area contributed by atoms with E-state index in [4.69, 9.17) is 4.74 Å². The second kappa shape index (κ2) is 8.93. The van der Waals surface area contributed by atoms with E-state index in [1.54, 1.807) is 38.1 Å². The molecule has 0 bridgehead atoms. The highest BCUT2D eigenvalue weighted by molar-refractivity contribution is 5.97. The van der Waals surface area contributed by atoms with Gasteiger partial charge < -0.3 is 15.4 Å². The van der Waals surface area contributed by atoms with Gasteiger partial charge in [-0.1, -0.05) is 13.8 Å². The number of ether oxygens (including phenoxy) is 1. The fourth-order valence-corrected chi connectivity index (χ4v) is 2.31. The molecule has 2 rings (SSSR count). The van der Waals surface area contributed by atoms with Gasteiger partial charge in [0.2, 0.25) is 5.91 Å². The first kappa shape index (κ1) is 20.1. The molecule has 1 unspecified atom stereocenters. The molecule has 142 valence electrons. The summed E-state index contributed by atoms with van der Waals surface area (Å²) in [4.78, 5) is 35.8. The maximum absolute atomic E-state index is 13.0. The number of carbonyl (C=O) groups excluding carboxylic acids is 3. The van der Waals surface area contributed by atoms with E-state index in [0.29, 0.717) is 5.69 Å². The highest BCUT2D eigenvalue weighted by atomic mass is 19.1. The van der Waals surface area contributed by atoms with Crippen molar-refractivity contribution in [3.63, 3.8) is 0 Å². The van der Waals surface area contributed by atoms with E-state index in [2.05, 4.69) is 10.6 Å². The number of rotatable bonds is 6. The summed E-state index contributed by atoms with van der Waals surface area (Å²) in [6.07, 6.45) is 0. The highest BCUT2D eigenvalue weighted by Gasteiger charge is 2.26. The molecule has 0 aromatic heterocycles. The van der Waals surface area contributed by atoms with Gasteiger partial charge in [0.05, 0.1) is 0 Å². The quantitative estimate of drug-likeness (QED) is 0.603. The summed E-state index contributed by atoms with van der Waals surface area (Å²) in [7, 11) is 0. The van der Waals surface area contributed by atoms with Crippen LogP contribution in [0.25, 0.3) is 0 Å². The fourth-order valence-electron chi connectivity index (χ4n) is 2.31. The molecule has 0 saturated carbocycles. The number of hydrogen-bond donors (Lipinski definition) is 2. The third-order valence-electron chi connectivity index (χ3n) is 3.71. The van der Waals surface area contributed by atoms with Crippen molar-refractivity contribution in [1.29, 1.82) is 0 Å². The van der Waals surface area contributed by atoms with Crippen molar-refractivity contribution in [3.8, 4) is 5.75 Å². The number of amides is 2. The number of anilines is 1. The average molecular weight is 372 g/mol. The monoisotopic (exact) mass is 372 g/mol. The maximum atomic E-state index is 13.0. The van der Waals surface area contributed by atoms with Crippen LogP contribution in [0.4, 0.5) is 10.1 Å². The smallest absolute Gasteiger partial charge is 0.334 e. The molecule has 0 aliphatic carbocycles. The molecule has 2 amide bonds. The molecule has 0 fully saturated rings. The molecule has 0 aliphatic heterocycles. The fraction of sp³-hybridized carbons (Fsp3) is 0.250. The Morgan fingerprint density at radius 2 is 1.56 bits per heavy atom. The lowest BCUT2D eigenvalue weighted by Crippen LogP contribution is -2.46. The van der Waals surface area contributed by atoms with Crippen LogP contribution < -0.4 is 15.4 Å². The largest absolute Gasteiger partial charge is 0.425 e. The lowest BCUT2D eigenvalue weighted by atomic mass is 10.0. The molecule has 0 saturated heterocycles. The molecule has 0 spiro atoms. The van der Waals surface area contributed by atoms with E-state index in [9.17, 15) is 18.8 Å². The van der Waals surface area contributed by atoms with E-state index in [1.165, 1.54) is 31.2 Å². The van der Waals surface area contributed by atoms with Crippen molar-refractivity contribution in [2.24, 2.45) is 5.92 Å². The van der Waals surface area contributed by atoms with E-state index in [0.717, 1.165) is 0 Å². The Bertz CT molecular complexity index is 817. The first-order valence-electron chi connectivity index (χ1n) is 8.42. The van der Waals surface area contributed by atoms with Crippen molar-refractivity contribution < 1.29 is 23.5 Å². The summed E-state index contributed by atoms with van der Waals surface area (Å²) < 4.78 is 18.3. The van der Waals surface area contributed by atoms with E-state index in [-0.39, 0.29) is 23.1 Å². The maximum Gasteiger partial charge on any atom is 0.334 e. The van der Waals surface area contributed by atoms with Crippen molar-refractivity contribution in [2.75, 3.05) is 5.32 Å². The van der Waals surface area contributed by atoms with Crippen LogP contribution in [0.3, 0.4) is 0 Å². The van der Waals surface area contributed by atoms with Crippen molar-refractivity contribution in [2.45, 2.75) is 26.8 Å². The van der Waals surface area contributed by atoms with Gasteiger partial charge in [0.1, 0.15) is 17.6 Å². The predicted molar refractivity (Wildman–Crippen MR) is 98.9 cm³/mol. The first-order chi connectivity index (χ1) is 12.8. The molecule has 0 aliphatic rings. The van der Waals surface area contributed by atoms with Gasteiger partial charge in [-0.05, 0) is 54.4 Å². The number of nitrogens with one attached hydrogen (secondary N) is 2. The van der Waals surface area contributed by atoms with Crippen LogP contribution in [0.1, 0.15) is 31.1 Å². The zero-order chi connectivity index (χ0) is 20.0. The van der Waals surface area contributed by atoms with Crippen LogP contribution in [-0.2, 0) is 9.59 Å². The van der Waals surface area contributed by atoms with E-state index < -0.39 is 23.7 Å². The van der Waals surface area contributed by atoms with Gasteiger partial charge in [0.25, 0.3) is 5.91 Å². The normalized spacial score (nSPS) is 11.6. The van der Waals surface area contributed by atoms with Gasteiger partial charge in [0.15, 0.2) is 0 Å². The molecule has 6 nitrogen and oxygen atoms in total. The Labute approximate surface area is 156 Å². The van der Waals surface area contributed by atoms with Crippen molar-refractivity contribution in [3.05, 3.63) is 59.9 Å². The molecule has 2 aromatic carbocycles. The summed E-state index contributed by atoms with van der Waals surface area (Å²) >= 11 is 0. The minimum Gasteiger partial charge on any atom is -0.425 e. The molecular formula is C20H21FN2O4. The lowest BCUT2D eigenvalue weighted by molar-refractivity contribution is -0.137. The van der Waals surface area contributed by atoms with Crippen LogP contribution in [0.15, 0.2) is 48.5 Å². The second-order valence-electron chi connectivity index (χ2n) is 6.33. The van der Waals surface area contributed by atoms with Crippen LogP contribution >= 0.6 is 0 Å². The van der Waals surface area contributed by atoms with Gasteiger partial charge in [-0.25, -0.2) is 9.18 Å². The van der Waals surface area contributed by atoms with Gasteiger partial charge >= 0.3 is 5.97 Å². The number of carbonyl (C=O) groups is 3. The molecule has 0 heterocycles. The molecule has 2 N–H and O–H groups in total. The predicted octanol–water partition coefficient (Wildman–Crippen LogP) is 3.14. The van der Waals surface area contributed by atoms with Crippen LogP contribution in [0, 0.1) is 11.7 Å².